The second-order valence-electron chi connectivity index (χ2n) is 4.16. The van der Waals surface area contributed by atoms with Crippen molar-refractivity contribution in [1.82, 2.24) is 20.3 Å². The number of nitrogens with zero attached hydrogens (tertiary/aromatic N) is 2. The summed E-state index contributed by atoms with van der Waals surface area (Å²) < 4.78 is 0. The van der Waals surface area contributed by atoms with Gasteiger partial charge in [-0.3, -0.25) is 15.0 Å². The van der Waals surface area contributed by atoms with Gasteiger partial charge in [-0.1, -0.05) is 6.07 Å². The van der Waals surface area contributed by atoms with Crippen LogP contribution in [0.25, 0.3) is 0 Å². The SMILES string of the molecule is CN1CCN(NC(=O)c2cccc(=O)[nH]2)CC1. The fraction of sp³-hybridized carbons (Fsp3) is 0.455. The molecule has 0 spiro atoms. The van der Waals surface area contributed by atoms with Gasteiger partial charge < -0.3 is 9.88 Å². The molecule has 2 heterocycles. The Morgan fingerprint density at radius 3 is 2.65 bits per heavy atom. The quantitative estimate of drug-likeness (QED) is 0.710. The van der Waals surface area contributed by atoms with Gasteiger partial charge in [-0.2, -0.15) is 0 Å². The summed E-state index contributed by atoms with van der Waals surface area (Å²) in [5.41, 5.74) is 2.80. The summed E-state index contributed by atoms with van der Waals surface area (Å²) in [4.78, 5) is 27.6. The number of hydrogen-bond donors (Lipinski definition) is 2. The number of pyridine rings is 1. The van der Waals surface area contributed by atoms with Crippen LogP contribution in [0.15, 0.2) is 23.0 Å². The number of likely N-dealkylation sites (N-methyl/N-ethyl adjacent to an activating group) is 1. The van der Waals surface area contributed by atoms with E-state index in [1.807, 2.05) is 12.1 Å². The van der Waals surface area contributed by atoms with E-state index >= 15 is 0 Å². The normalized spacial score (nSPS) is 17.9. The first kappa shape index (κ1) is 11.8. The molecule has 0 aliphatic carbocycles. The third kappa shape index (κ3) is 3.15. The van der Waals surface area contributed by atoms with E-state index in [1.165, 1.54) is 6.07 Å². The molecule has 6 heteroatoms. The predicted octanol–water partition coefficient (Wildman–Crippen LogP) is -0.733. The van der Waals surface area contributed by atoms with Crippen LogP contribution in [-0.4, -0.2) is 54.0 Å². The zero-order chi connectivity index (χ0) is 12.3. The highest BCUT2D eigenvalue weighted by Gasteiger charge is 2.16. The third-order valence-electron chi connectivity index (χ3n) is 2.78. The van der Waals surface area contributed by atoms with Crippen molar-refractivity contribution >= 4 is 5.91 Å². The van der Waals surface area contributed by atoms with E-state index in [4.69, 9.17) is 0 Å². The van der Waals surface area contributed by atoms with E-state index in [-0.39, 0.29) is 17.2 Å². The Kier molecular flexibility index (Phi) is 3.55. The molecule has 17 heavy (non-hydrogen) atoms. The van der Waals surface area contributed by atoms with E-state index in [0.29, 0.717) is 0 Å². The highest BCUT2D eigenvalue weighted by molar-refractivity contribution is 5.91. The number of rotatable bonds is 2. The van der Waals surface area contributed by atoms with Crippen LogP contribution >= 0.6 is 0 Å². The van der Waals surface area contributed by atoms with Gasteiger partial charge in [0.25, 0.3) is 5.91 Å². The van der Waals surface area contributed by atoms with Crippen LogP contribution in [0.2, 0.25) is 0 Å². The highest BCUT2D eigenvalue weighted by atomic mass is 16.2. The van der Waals surface area contributed by atoms with E-state index in [1.54, 1.807) is 12.1 Å². The monoisotopic (exact) mass is 236 g/mol. The maximum atomic E-state index is 11.8. The Bertz CT molecular complexity index is 449. The lowest BCUT2D eigenvalue weighted by atomic mass is 10.3. The van der Waals surface area contributed by atoms with E-state index in [9.17, 15) is 9.59 Å². The lowest BCUT2D eigenvalue weighted by Crippen LogP contribution is -2.52. The van der Waals surface area contributed by atoms with Crippen LogP contribution in [0.4, 0.5) is 0 Å². The lowest BCUT2D eigenvalue weighted by molar-refractivity contribution is 0.0657. The van der Waals surface area contributed by atoms with Crippen molar-refractivity contribution in [2.24, 2.45) is 0 Å². The number of aromatic amines is 1. The largest absolute Gasteiger partial charge is 0.318 e. The molecule has 1 aromatic heterocycles. The summed E-state index contributed by atoms with van der Waals surface area (Å²) >= 11 is 0. The van der Waals surface area contributed by atoms with Crippen LogP contribution in [0.1, 0.15) is 10.5 Å². The van der Waals surface area contributed by atoms with Crippen molar-refractivity contribution in [3.05, 3.63) is 34.2 Å². The van der Waals surface area contributed by atoms with Gasteiger partial charge in [0.1, 0.15) is 5.69 Å². The average molecular weight is 236 g/mol. The minimum absolute atomic E-state index is 0.268. The van der Waals surface area contributed by atoms with E-state index < -0.39 is 0 Å². The molecule has 0 radical (unpaired) electrons. The summed E-state index contributed by atoms with van der Waals surface area (Å²) in [6.45, 7) is 3.43. The van der Waals surface area contributed by atoms with Crippen LogP contribution in [0, 0.1) is 0 Å². The molecule has 2 rings (SSSR count). The summed E-state index contributed by atoms with van der Waals surface area (Å²) in [5, 5.41) is 1.87. The molecule has 1 fully saturated rings. The Hall–Kier alpha value is -1.66. The van der Waals surface area contributed by atoms with Crippen molar-refractivity contribution in [3.8, 4) is 0 Å². The molecule has 1 aromatic rings. The molecule has 0 atom stereocenters. The number of carbonyl (C=O) groups excluding carboxylic acids is 1. The molecule has 1 amide bonds. The summed E-state index contributed by atoms with van der Waals surface area (Å²) in [5.74, 6) is -0.271. The minimum atomic E-state index is -0.271. The average Bonchev–Trinajstić information content (AvgIpc) is 2.32. The first-order valence-electron chi connectivity index (χ1n) is 5.59. The predicted molar refractivity (Wildman–Crippen MR) is 63.6 cm³/mol. The molecule has 0 aromatic carbocycles. The van der Waals surface area contributed by atoms with Crippen molar-refractivity contribution in [2.45, 2.75) is 0 Å². The van der Waals surface area contributed by atoms with Crippen LogP contribution in [0.3, 0.4) is 0 Å². The Morgan fingerprint density at radius 2 is 2.00 bits per heavy atom. The number of aromatic nitrogens is 1. The second-order valence-corrected chi connectivity index (χ2v) is 4.16. The third-order valence-corrected chi connectivity index (χ3v) is 2.78. The fourth-order valence-electron chi connectivity index (χ4n) is 1.70. The van der Waals surface area contributed by atoms with Gasteiger partial charge in [0.15, 0.2) is 0 Å². The van der Waals surface area contributed by atoms with E-state index in [2.05, 4.69) is 15.3 Å². The number of hydrogen-bond acceptors (Lipinski definition) is 4. The van der Waals surface area contributed by atoms with Crippen molar-refractivity contribution in [3.63, 3.8) is 0 Å². The zero-order valence-corrected chi connectivity index (χ0v) is 9.77. The number of nitrogens with one attached hydrogen (secondary N) is 2. The standard InChI is InChI=1S/C11H16N4O2/c1-14-5-7-15(8-6-14)13-11(17)9-3-2-4-10(16)12-9/h2-4H,5-8H2,1H3,(H,12,16)(H,13,17). The van der Waals surface area contributed by atoms with Gasteiger partial charge >= 0.3 is 0 Å². The first-order chi connectivity index (χ1) is 8.15. The molecule has 1 saturated heterocycles. The van der Waals surface area contributed by atoms with Gasteiger partial charge in [0.05, 0.1) is 0 Å². The Balaban J connectivity index is 1.95. The maximum Gasteiger partial charge on any atom is 0.282 e. The van der Waals surface area contributed by atoms with Crippen molar-refractivity contribution in [1.29, 1.82) is 0 Å². The molecule has 2 N–H and O–H groups in total. The maximum absolute atomic E-state index is 11.8. The van der Waals surface area contributed by atoms with Crippen molar-refractivity contribution in [2.75, 3.05) is 33.2 Å². The highest BCUT2D eigenvalue weighted by Crippen LogP contribution is 1.97. The van der Waals surface area contributed by atoms with Crippen LogP contribution in [0.5, 0.6) is 0 Å². The summed E-state index contributed by atoms with van der Waals surface area (Å²) in [6.07, 6.45) is 0. The molecule has 0 saturated carbocycles. The molecule has 92 valence electrons. The minimum Gasteiger partial charge on any atom is -0.318 e. The number of carbonyl (C=O) groups is 1. The molecule has 1 aliphatic rings. The smallest absolute Gasteiger partial charge is 0.282 e. The van der Waals surface area contributed by atoms with Crippen molar-refractivity contribution < 1.29 is 4.79 Å². The molecule has 0 bridgehead atoms. The molecule has 0 unspecified atom stereocenters. The summed E-state index contributed by atoms with van der Waals surface area (Å²) in [7, 11) is 2.05. The van der Waals surface area contributed by atoms with Gasteiger partial charge in [-0.25, -0.2) is 5.01 Å². The Labute approximate surface area is 99.2 Å². The molecular formula is C11H16N4O2. The second kappa shape index (κ2) is 5.11. The molecule has 1 aliphatic heterocycles. The lowest BCUT2D eigenvalue weighted by Gasteiger charge is -2.32. The topological polar surface area (TPSA) is 68.4 Å². The van der Waals surface area contributed by atoms with Gasteiger partial charge in [-0.05, 0) is 13.1 Å². The number of piperazine rings is 1. The number of hydrazine groups is 1. The zero-order valence-electron chi connectivity index (χ0n) is 9.77. The summed E-state index contributed by atoms with van der Waals surface area (Å²) in [6, 6.07) is 4.54. The Morgan fingerprint density at radius 1 is 1.29 bits per heavy atom. The van der Waals surface area contributed by atoms with Crippen LogP contribution < -0.4 is 11.0 Å². The molecule has 6 nitrogen and oxygen atoms in total. The molecular weight excluding hydrogens is 220 g/mol. The number of H-pyrrole nitrogens is 1. The number of amides is 1. The fourth-order valence-corrected chi connectivity index (χ4v) is 1.70. The van der Waals surface area contributed by atoms with E-state index in [0.717, 1.165) is 26.2 Å². The van der Waals surface area contributed by atoms with Gasteiger partial charge in [0, 0.05) is 32.2 Å². The van der Waals surface area contributed by atoms with Gasteiger partial charge in [0.2, 0.25) is 5.56 Å². The van der Waals surface area contributed by atoms with Crippen LogP contribution in [-0.2, 0) is 0 Å². The van der Waals surface area contributed by atoms with Gasteiger partial charge in [-0.15, -0.1) is 0 Å². The first-order valence-corrected chi connectivity index (χ1v) is 5.59.